The van der Waals surface area contributed by atoms with Gasteiger partial charge in [0, 0.05) is 45.1 Å². The normalized spacial score (nSPS) is 21.8. The van der Waals surface area contributed by atoms with Crippen LogP contribution in [-0.4, -0.2) is 64.6 Å². The van der Waals surface area contributed by atoms with E-state index in [2.05, 4.69) is 9.88 Å². The van der Waals surface area contributed by atoms with Gasteiger partial charge in [-0.1, -0.05) is 0 Å². The monoisotopic (exact) mass is 275 g/mol. The van der Waals surface area contributed by atoms with E-state index in [0.29, 0.717) is 11.5 Å². The molecule has 2 fully saturated rings. The summed E-state index contributed by atoms with van der Waals surface area (Å²) in [6, 6.07) is 3.59. The third kappa shape index (κ3) is 3.16. The smallest absolute Gasteiger partial charge is 0.255 e. The van der Waals surface area contributed by atoms with E-state index in [0.717, 1.165) is 32.7 Å². The second-order valence-corrected chi connectivity index (χ2v) is 5.74. The lowest BCUT2D eigenvalue weighted by atomic mass is 10.2. The van der Waals surface area contributed by atoms with E-state index in [4.69, 9.17) is 0 Å². The fourth-order valence-electron chi connectivity index (χ4n) is 2.70. The first-order valence-corrected chi connectivity index (χ1v) is 7.34. The van der Waals surface area contributed by atoms with Crippen molar-refractivity contribution in [1.29, 1.82) is 0 Å². The van der Waals surface area contributed by atoms with Crippen LogP contribution in [0.25, 0.3) is 0 Å². The number of piperazine rings is 1. The maximum atomic E-state index is 12.3. The standard InChI is InChI=1S/C15H21N3O2/c19-14(12-3-4-12)11-17-6-8-18(9-7-17)15(20)13-2-1-5-16-10-13/h1-2,5,10,12,14,19H,3-4,6-9,11H2. The lowest BCUT2D eigenvalue weighted by Crippen LogP contribution is -2.50. The van der Waals surface area contributed by atoms with E-state index in [1.807, 2.05) is 4.90 Å². The Hall–Kier alpha value is -1.46. The van der Waals surface area contributed by atoms with Gasteiger partial charge in [0.25, 0.3) is 5.91 Å². The predicted octanol–water partition coefficient (Wildman–Crippen LogP) is 0.610. The Labute approximate surface area is 119 Å². The fourth-order valence-corrected chi connectivity index (χ4v) is 2.70. The Morgan fingerprint density at radius 1 is 1.35 bits per heavy atom. The molecule has 1 N–H and O–H groups in total. The van der Waals surface area contributed by atoms with Crippen LogP contribution >= 0.6 is 0 Å². The maximum absolute atomic E-state index is 12.3. The molecule has 0 radical (unpaired) electrons. The van der Waals surface area contributed by atoms with Gasteiger partial charge in [-0.3, -0.25) is 14.7 Å². The summed E-state index contributed by atoms with van der Waals surface area (Å²) in [6.07, 6.45) is 5.44. The largest absolute Gasteiger partial charge is 0.392 e. The molecular weight excluding hydrogens is 254 g/mol. The first-order chi connectivity index (χ1) is 9.74. The Balaban J connectivity index is 1.49. The van der Waals surface area contributed by atoms with Crippen molar-refractivity contribution in [3.63, 3.8) is 0 Å². The highest BCUT2D eigenvalue weighted by Gasteiger charge is 2.32. The number of hydrogen-bond donors (Lipinski definition) is 1. The molecule has 0 aromatic carbocycles. The van der Waals surface area contributed by atoms with E-state index in [9.17, 15) is 9.90 Å². The predicted molar refractivity (Wildman–Crippen MR) is 75.3 cm³/mol. The van der Waals surface area contributed by atoms with Gasteiger partial charge < -0.3 is 10.0 Å². The summed E-state index contributed by atoms with van der Waals surface area (Å²) in [5, 5.41) is 9.96. The minimum absolute atomic E-state index is 0.0560. The second kappa shape index (κ2) is 5.89. The highest BCUT2D eigenvalue weighted by molar-refractivity contribution is 5.93. The summed E-state index contributed by atoms with van der Waals surface area (Å²) in [7, 11) is 0. The van der Waals surface area contributed by atoms with Crippen LogP contribution in [0.4, 0.5) is 0 Å². The molecular formula is C15H21N3O2. The van der Waals surface area contributed by atoms with Gasteiger partial charge in [-0.05, 0) is 30.9 Å². The molecule has 1 unspecified atom stereocenters. The summed E-state index contributed by atoms with van der Waals surface area (Å²) >= 11 is 0. The summed E-state index contributed by atoms with van der Waals surface area (Å²) in [6.45, 7) is 3.89. The molecule has 0 spiro atoms. The summed E-state index contributed by atoms with van der Waals surface area (Å²) < 4.78 is 0. The van der Waals surface area contributed by atoms with Crippen LogP contribution in [0.1, 0.15) is 23.2 Å². The molecule has 1 aromatic rings. The summed E-state index contributed by atoms with van der Waals surface area (Å²) in [4.78, 5) is 20.4. The lowest BCUT2D eigenvalue weighted by Gasteiger charge is -2.35. The number of nitrogens with zero attached hydrogens (tertiary/aromatic N) is 3. The minimum Gasteiger partial charge on any atom is -0.392 e. The van der Waals surface area contributed by atoms with Gasteiger partial charge in [0.2, 0.25) is 0 Å². The molecule has 2 heterocycles. The maximum Gasteiger partial charge on any atom is 0.255 e. The Morgan fingerprint density at radius 2 is 2.10 bits per heavy atom. The molecule has 2 aliphatic rings. The van der Waals surface area contributed by atoms with Crippen molar-refractivity contribution in [2.24, 2.45) is 5.92 Å². The zero-order chi connectivity index (χ0) is 13.9. The van der Waals surface area contributed by atoms with Crippen molar-refractivity contribution in [2.45, 2.75) is 18.9 Å². The van der Waals surface area contributed by atoms with Crippen LogP contribution in [0.3, 0.4) is 0 Å². The van der Waals surface area contributed by atoms with Gasteiger partial charge in [-0.25, -0.2) is 0 Å². The Morgan fingerprint density at radius 3 is 2.70 bits per heavy atom. The first kappa shape index (κ1) is 13.5. The molecule has 108 valence electrons. The van der Waals surface area contributed by atoms with E-state index in [-0.39, 0.29) is 12.0 Å². The first-order valence-electron chi connectivity index (χ1n) is 7.34. The van der Waals surface area contributed by atoms with Gasteiger partial charge in [0.1, 0.15) is 0 Å². The van der Waals surface area contributed by atoms with Crippen LogP contribution in [-0.2, 0) is 0 Å². The van der Waals surface area contributed by atoms with E-state index in [1.165, 1.54) is 12.8 Å². The molecule has 20 heavy (non-hydrogen) atoms. The van der Waals surface area contributed by atoms with E-state index < -0.39 is 0 Å². The minimum atomic E-state index is -0.185. The molecule has 1 aliphatic heterocycles. The van der Waals surface area contributed by atoms with Gasteiger partial charge in [-0.2, -0.15) is 0 Å². The van der Waals surface area contributed by atoms with Crippen LogP contribution in [0.15, 0.2) is 24.5 Å². The van der Waals surface area contributed by atoms with Crippen LogP contribution in [0.2, 0.25) is 0 Å². The van der Waals surface area contributed by atoms with Crippen LogP contribution < -0.4 is 0 Å². The molecule has 3 rings (SSSR count). The van der Waals surface area contributed by atoms with Crippen molar-refractivity contribution >= 4 is 5.91 Å². The number of carbonyl (C=O) groups excluding carboxylic acids is 1. The van der Waals surface area contributed by atoms with Crippen molar-refractivity contribution < 1.29 is 9.90 Å². The summed E-state index contributed by atoms with van der Waals surface area (Å²) in [5.41, 5.74) is 0.652. The molecule has 5 nitrogen and oxygen atoms in total. The molecule has 1 aliphatic carbocycles. The Kier molecular flexibility index (Phi) is 3.98. The van der Waals surface area contributed by atoms with Crippen molar-refractivity contribution in [3.05, 3.63) is 30.1 Å². The molecule has 1 aromatic heterocycles. The number of aliphatic hydroxyl groups excluding tert-OH is 1. The van der Waals surface area contributed by atoms with Gasteiger partial charge >= 0.3 is 0 Å². The molecule has 1 amide bonds. The van der Waals surface area contributed by atoms with Crippen molar-refractivity contribution in [2.75, 3.05) is 32.7 Å². The number of aromatic nitrogens is 1. The van der Waals surface area contributed by atoms with Crippen LogP contribution in [0.5, 0.6) is 0 Å². The second-order valence-electron chi connectivity index (χ2n) is 5.74. The van der Waals surface area contributed by atoms with Gasteiger partial charge in [0.05, 0.1) is 11.7 Å². The molecule has 0 bridgehead atoms. The number of aliphatic hydroxyl groups is 1. The van der Waals surface area contributed by atoms with Gasteiger partial charge in [-0.15, -0.1) is 0 Å². The molecule has 5 heteroatoms. The number of pyridine rings is 1. The number of carbonyl (C=O) groups is 1. The zero-order valence-electron chi connectivity index (χ0n) is 11.6. The third-order valence-corrected chi connectivity index (χ3v) is 4.18. The van der Waals surface area contributed by atoms with E-state index in [1.54, 1.807) is 24.5 Å². The highest BCUT2D eigenvalue weighted by atomic mass is 16.3. The number of amides is 1. The summed E-state index contributed by atoms with van der Waals surface area (Å²) in [5.74, 6) is 0.575. The molecule has 1 saturated carbocycles. The fraction of sp³-hybridized carbons (Fsp3) is 0.600. The van der Waals surface area contributed by atoms with Gasteiger partial charge in [0.15, 0.2) is 0 Å². The lowest BCUT2D eigenvalue weighted by molar-refractivity contribution is 0.0488. The highest BCUT2D eigenvalue weighted by Crippen LogP contribution is 2.32. The SMILES string of the molecule is O=C(c1cccnc1)N1CCN(CC(O)C2CC2)CC1. The average molecular weight is 275 g/mol. The molecule has 1 atom stereocenters. The average Bonchev–Trinajstić information content (AvgIpc) is 3.33. The topological polar surface area (TPSA) is 56.7 Å². The van der Waals surface area contributed by atoms with E-state index >= 15 is 0 Å². The number of β-amino-alcohol motifs (C(OH)–C–C–N with tert-alkyl or cyclic N) is 1. The van der Waals surface area contributed by atoms with Crippen molar-refractivity contribution in [3.8, 4) is 0 Å². The molecule has 1 saturated heterocycles. The van der Waals surface area contributed by atoms with Crippen molar-refractivity contribution in [1.82, 2.24) is 14.8 Å². The quantitative estimate of drug-likeness (QED) is 0.875. The van der Waals surface area contributed by atoms with Crippen LogP contribution in [0, 0.1) is 5.92 Å². The third-order valence-electron chi connectivity index (χ3n) is 4.18. The number of rotatable bonds is 4. The zero-order valence-corrected chi connectivity index (χ0v) is 11.6. The number of hydrogen-bond acceptors (Lipinski definition) is 4. The Bertz CT molecular complexity index is 453.